The topological polar surface area (TPSA) is 55.8 Å². The molecule has 1 aromatic rings. The van der Waals surface area contributed by atoms with Gasteiger partial charge in [-0.15, -0.1) is 0 Å². The number of halogens is 2. The Labute approximate surface area is 117 Å². The molecule has 1 N–H and O–H groups in total. The zero-order chi connectivity index (χ0) is 15.4. The van der Waals surface area contributed by atoms with Crippen molar-refractivity contribution in [3.8, 4) is 0 Å². The van der Waals surface area contributed by atoms with Gasteiger partial charge in [0.05, 0.1) is 13.2 Å². The first-order chi connectivity index (χ1) is 9.23. The van der Waals surface area contributed by atoms with Crippen LogP contribution in [0.3, 0.4) is 0 Å². The van der Waals surface area contributed by atoms with E-state index in [-0.39, 0.29) is 18.8 Å². The molecule has 0 aliphatic carbocycles. The largest absolute Gasteiger partial charge is 0.403 e. The highest BCUT2D eigenvalue weighted by Crippen LogP contribution is 2.67. The summed E-state index contributed by atoms with van der Waals surface area (Å²) >= 11 is 0. The van der Waals surface area contributed by atoms with Crippen LogP contribution < -0.4 is 0 Å². The summed E-state index contributed by atoms with van der Waals surface area (Å²) in [7, 11) is -4.79. The standard InChI is InChI=1S/C13H19F2O4P/c1-4-18-20(17,19-5-2)13(14,15)12(3,16)11-9-7-6-8-10-11/h6-10,16H,4-5H2,1-3H3/t12-/m1/s1. The first-order valence-corrected chi connectivity index (χ1v) is 7.82. The molecule has 0 unspecified atom stereocenters. The number of alkyl halides is 2. The molecule has 1 aromatic carbocycles. The van der Waals surface area contributed by atoms with E-state index in [1.807, 2.05) is 0 Å². The summed E-state index contributed by atoms with van der Waals surface area (Å²) in [5.74, 6) is 0. The van der Waals surface area contributed by atoms with E-state index in [4.69, 9.17) is 0 Å². The fourth-order valence-electron chi connectivity index (χ4n) is 1.74. The van der Waals surface area contributed by atoms with Crippen molar-refractivity contribution in [1.29, 1.82) is 0 Å². The molecule has 0 saturated heterocycles. The number of hydrogen-bond donors (Lipinski definition) is 1. The van der Waals surface area contributed by atoms with Gasteiger partial charge in [0.2, 0.25) is 0 Å². The predicted octanol–water partition coefficient (Wildman–Crippen LogP) is 3.75. The fourth-order valence-corrected chi connectivity index (χ4v) is 3.48. The third kappa shape index (κ3) is 2.93. The highest BCUT2D eigenvalue weighted by atomic mass is 31.2. The maximum Gasteiger partial charge on any atom is 0.403 e. The van der Waals surface area contributed by atoms with Gasteiger partial charge in [0.1, 0.15) is 0 Å². The van der Waals surface area contributed by atoms with Crippen molar-refractivity contribution >= 4 is 7.60 Å². The quantitative estimate of drug-likeness (QED) is 0.779. The second-order valence-electron chi connectivity index (χ2n) is 4.31. The normalized spacial score (nSPS) is 15.9. The van der Waals surface area contributed by atoms with Crippen molar-refractivity contribution in [1.82, 2.24) is 0 Å². The summed E-state index contributed by atoms with van der Waals surface area (Å²) in [5.41, 5.74) is -6.81. The average Bonchev–Trinajstić information content (AvgIpc) is 2.40. The molecule has 0 radical (unpaired) electrons. The molecule has 114 valence electrons. The van der Waals surface area contributed by atoms with E-state index in [1.54, 1.807) is 6.07 Å². The van der Waals surface area contributed by atoms with Crippen molar-refractivity contribution in [2.75, 3.05) is 13.2 Å². The minimum absolute atomic E-state index is 0.0652. The molecule has 0 aliphatic heterocycles. The Balaban J connectivity index is 3.28. The number of hydrogen-bond acceptors (Lipinski definition) is 4. The summed E-state index contributed by atoms with van der Waals surface area (Å²) in [6.07, 6.45) is 0. The van der Waals surface area contributed by atoms with E-state index in [1.165, 1.54) is 38.1 Å². The Kier molecular flexibility index (Phi) is 5.44. The summed E-state index contributed by atoms with van der Waals surface area (Å²) in [5, 5.41) is 10.2. The van der Waals surface area contributed by atoms with Crippen LogP contribution in [0.1, 0.15) is 26.3 Å². The lowest BCUT2D eigenvalue weighted by atomic mass is 9.96. The molecule has 0 aromatic heterocycles. The maximum absolute atomic E-state index is 14.5. The Morgan fingerprint density at radius 1 is 1.15 bits per heavy atom. The predicted molar refractivity (Wildman–Crippen MR) is 71.8 cm³/mol. The van der Waals surface area contributed by atoms with Crippen LogP contribution in [0, 0.1) is 0 Å². The molecule has 4 nitrogen and oxygen atoms in total. The lowest BCUT2D eigenvalue weighted by Gasteiger charge is -2.36. The third-order valence-corrected chi connectivity index (χ3v) is 5.18. The smallest absolute Gasteiger partial charge is 0.378 e. The lowest BCUT2D eigenvalue weighted by Crippen LogP contribution is -2.43. The highest BCUT2D eigenvalue weighted by molar-refractivity contribution is 7.55. The molecular formula is C13H19F2O4P. The molecule has 0 heterocycles. The summed E-state index contributed by atoms with van der Waals surface area (Å²) in [6.45, 7) is 3.33. The average molecular weight is 308 g/mol. The molecule has 0 amide bonds. The van der Waals surface area contributed by atoms with Crippen LogP contribution in [0.4, 0.5) is 8.78 Å². The molecule has 0 bridgehead atoms. The first kappa shape index (κ1) is 17.2. The SMILES string of the molecule is CCOP(=O)(OCC)C(F)(F)[C@](C)(O)c1ccccc1. The Morgan fingerprint density at radius 3 is 2.00 bits per heavy atom. The summed E-state index contributed by atoms with van der Waals surface area (Å²) in [4.78, 5) is 0. The molecule has 1 rings (SSSR count). The number of rotatable bonds is 7. The molecule has 0 aliphatic rings. The maximum atomic E-state index is 14.5. The van der Waals surface area contributed by atoms with E-state index < -0.39 is 18.9 Å². The Hall–Kier alpha value is -0.810. The molecule has 20 heavy (non-hydrogen) atoms. The molecule has 0 saturated carbocycles. The molecule has 0 fully saturated rings. The third-order valence-electron chi connectivity index (χ3n) is 2.86. The Bertz CT molecular complexity index is 467. The van der Waals surface area contributed by atoms with Gasteiger partial charge in [0, 0.05) is 0 Å². The monoisotopic (exact) mass is 308 g/mol. The van der Waals surface area contributed by atoms with Gasteiger partial charge in [-0.25, -0.2) is 0 Å². The molecule has 7 heteroatoms. The van der Waals surface area contributed by atoms with Crippen LogP contribution in [-0.2, 0) is 19.2 Å². The zero-order valence-electron chi connectivity index (χ0n) is 11.7. The van der Waals surface area contributed by atoms with Gasteiger partial charge in [-0.3, -0.25) is 4.57 Å². The van der Waals surface area contributed by atoms with Crippen molar-refractivity contribution in [2.24, 2.45) is 0 Å². The van der Waals surface area contributed by atoms with E-state index >= 15 is 0 Å². The van der Waals surface area contributed by atoms with Gasteiger partial charge in [-0.2, -0.15) is 8.78 Å². The van der Waals surface area contributed by atoms with Crippen molar-refractivity contribution in [2.45, 2.75) is 32.0 Å². The summed E-state index contributed by atoms with van der Waals surface area (Å²) < 4.78 is 50.7. The van der Waals surface area contributed by atoms with Crippen LogP contribution in [-0.4, -0.2) is 24.0 Å². The van der Waals surface area contributed by atoms with Crippen LogP contribution in [0.15, 0.2) is 30.3 Å². The summed E-state index contributed by atoms with van der Waals surface area (Å²) in [6, 6.07) is 7.30. The second kappa shape index (κ2) is 6.31. The molecule has 0 spiro atoms. The zero-order valence-corrected chi connectivity index (χ0v) is 12.6. The molecule has 1 atom stereocenters. The van der Waals surface area contributed by atoms with E-state index in [0.29, 0.717) is 0 Å². The molecular weight excluding hydrogens is 289 g/mol. The minimum atomic E-state index is -4.79. The van der Waals surface area contributed by atoms with Crippen LogP contribution in [0.25, 0.3) is 0 Å². The second-order valence-corrected chi connectivity index (χ2v) is 6.39. The minimum Gasteiger partial charge on any atom is -0.378 e. The first-order valence-electron chi connectivity index (χ1n) is 6.28. The fraction of sp³-hybridized carbons (Fsp3) is 0.538. The number of benzene rings is 1. The van der Waals surface area contributed by atoms with E-state index in [0.717, 1.165) is 6.92 Å². The Morgan fingerprint density at radius 2 is 1.60 bits per heavy atom. The number of aliphatic hydroxyl groups is 1. The van der Waals surface area contributed by atoms with Crippen LogP contribution >= 0.6 is 7.60 Å². The van der Waals surface area contributed by atoms with Gasteiger partial charge >= 0.3 is 13.3 Å². The van der Waals surface area contributed by atoms with Crippen LogP contribution in [0.2, 0.25) is 0 Å². The lowest BCUT2D eigenvalue weighted by molar-refractivity contribution is -0.137. The van der Waals surface area contributed by atoms with Crippen molar-refractivity contribution in [3.05, 3.63) is 35.9 Å². The van der Waals surface area contributed by atoms with Gasteiger partial charge < -0.3 is 14.2 Å². The van der Waals surface area contributed by atoms with Crippen LogP contribution in [0.5, 0.6) is 0 Å². The van der Waals surface area contributed by atoms with E-state index in [2.05, 4.69) is 9.05 Å². The van der Waals surface area contributed by atoms with Gasteiger partial charge in [-0.1, -0.05) is 30.3 Å². The van der Waals surface area contributed by atoms with Crippen molar-refractivity contribution in [3.63, 3.8) is 0 Å². The van der Waals surface area contributed by atoms with Gasteiger partial charge in [0.15, 0.2) is 5.60 Å². The van der Waals surface area contributed by atoms with Crippen molar-refractivity contribution < 1.29 is 27.5 Å². The van der Waals surface area contributed by atoms with E-state index in [9.17, 15) is 18.5 Å². The van der Waals surface area contributed by atoms with Gasteiger partial charge in [-0.05, 0) is 26.3 Å². The van der Waals surface area contributed by atoms with Gasteiger partial charge in [0.25, 0.3) is 0 Å². The highest BCUT2D eigenvalue weighted by Gasteiger charge is 2.65.